The molecule has 2 fully saturated rings. The number of imide groups is 1. The van der Waals surface area contributed by atoms with E-state index in [9.17, 15) is 24.6 Å². The molecule has 11 nitrogen and oxygen atoms in total. The molecule has 0 aliphatic carbocycles. The summed E-state index contributed by atoms with van der Waals surface area (Å²) in [6.07, 6.45) is -2.80. The Morgan fingerprint density at radius 2 is 1.33 bits per heavy atom. The fourth-order valence-electron chi connectivity index (χ4n) is 8.12. The summed E-state index contributed by atoms with van der Waals surface area (Å²) >= 11 is 0. The number of carbonyl (C=O) groups excluding carboxylic acids is 3. The quantitative estimate of drug-likeness (QED) is 0.0910. The third kappa shape index (κ3) is 7.47. The van der Waals surface area contributed by atoms with Gasteiger partial charge in [-0.25, -0.2) is 4.79 Å². The third-order valence-electron chi connectivity index (χ3n) is 14.1. The van der Waals surface area contributed by atoms with Gasteiger partial charge >= 0.3 is 6.03 Å². The predicted molar refractivity (Wildman–Crippen MR) is 230 cm³/mol. The van der Waals surface area contributed by atoms with Crippen LogP contribution in [0.3, 0.4) is 0 Å². The van der Waals surface area contributed by atoms with Crippen molar-refractivity contribution in [3.63, 3.8) is 0 Å². The van der Waals surface area contributed by atoms with Gasteiger partial charge < -0.3 is 28.8 Å². The zero-order valence-corrected chi connectivity index (χ0v) is 38.6. The van der Waals surface area contributed by atoms with Crippen LogP contribution >= 0.6 is 0 Å². The third-order valence-corrected chi connectivity index (χ3v) is 24.9. The lowest BCUT2D eigenvalue weighted by Crippen LogP contribution is -2.69. The molecule has 3 amide bonds. The summed E-state index contributed by atoms with van der Waals surface area (Å²) in [5, 5.41) is 27.3. The second kappa shape index (κ2) is 15.6. The van der Waals surface area contributed by atoms with Crippen molar-refractivity contribution in [1.29, 1.82) is 0 Å². The SMILES string of the molecule is COc1ccc(C(c2ccccc2)(c2ccc(OC)cc2)C(O)[C@H]2O[C@@](C=O)(N3CC(C)(CO[Si](C)(C)C(C)(C)C)C(=O)NC3=O)C[C@@]2(O)[Si](C)(C)C(C)(C)C)cc1. The van der Waals surface area contributed by atoms with Crippen LogP contribution in [0.25, 0.3) is 0 Å². The first kappa shape index (κ1) is 45.2. The number of hydrogen-bond acceptors (Lipinski definition) is 9. The van der Waals surface area contributed by atoms with Crippen LogP contribution in [0, 0.1) is 5.41 Å². The normalized spacial score (nSPS) is 25.3. The number of ether oxygens (including phenoxy) is 3. The summed E-state index contributed by atoms with van der Waals surface area (Å²) in [5.74, 6) is 0.692. The van der Waals surface area contributed by atoms with Gasteiger partial charge in [-0.2, -0.15) is 0 Å². The first-order valence-electron chi connectivity index (χ1n) is 20.0. The number of carbonyl (C=O) groups is 3. The van der Waals surface area contributed by atoms with Crippen LogP contribution in [0.15, 0.2) is 78.9 Å². The minimum absolute atomic E-state index is 0.00133. The molecule has 2 saturated heterocycles. The van der Waals surface area contributed by atoms with E-state index >= 15 is 0 Å². The Balaban J connectivity index is 1.76. The van der Waals surface area contributed by atoms with Crippen molar-refractivity contribution in [1.82, 2.24) is 10.2 Å². The number of rotatable bonds is 13. The van der Waals surface area contributed by atoms with E-state index < -0.39 is 67.4 Å². The lowest BCUT2D eigenvalue weighted by Gasteiger charge is -2.52. The minimum Gasteiger partial charge on any atom is -0.497 e. The van der Waals surface area contributed by atoms with E-state index in [4.69, 9.17) is 18.6 Å². The largest absolute Gasteiger partial charge is 0.497 e. The average Bonchev–Trinajstić information content (AvgIpc) is 3.50. The van der Waals surface area contributed by atoms with Gasteiger partial charge in [-0.15, -0.1) is 0 Å². The molecule has 0 saturated carbocycles. The molecule has 2 unspecified atom stereocenters. The van der Waals surface area contributed by atoms with Crippen LogP contribution in [-0.2, 0) is 24.2 Å². The molecule has 0 spiro atoms. The maximum Gasteiger partial charge on any atom is 0.326 e. The zero-order valence-electron chi connectivity index (χ0n) is 36.6. The molecule has 3 aromatic carbocycles. The summed E-state index contributed by atoms with van der Waals surface area (Å²) < 4.78 is 24.6. The van der Waals surface area contributed by atoms with Gasteiger partial charge in [0, 0.05) is 19.6 Å². The maximum absolute atomic E-state index is 14.1. The molecule has 13 heteroatoms. The van der Waals surface area contributed by atoms with E-state index in [2.05, 4.69) is 39.2 Å². The number of aldehydes is 1. The second-order valence-electron chi connectivity index (χ2n) is 19.5. The molecule has 2 aliphatic heterocycles. The Bertz CT molecular complexity index is 1910. The molecule has 0 aromatic heterocycles. The van der Waals surface area contributed by atoms with Crippen molar-refractivity contribution in [2.75, 3.05) is 27.4 Å². The van der Waals surface area contributed by atoms with Gasteiger partial charge in [0.15, 0.2) is 14.6 Å². The van der Waals surface area contributed by atoms with Crippen LogP contribution in [-0.4, -0.2) is 100 Å². The summed E-state index contributed by atoms with van der Waals surface area (Å²) in [7, 11) is -2.30. The van der Waals surface area contributed by atoms with Crippen molar-refractivity contribution in [2.24, 2.45) is 5.41 Å². The van der Waals surface area contributed by atoms with Crippen LogP contribution in [0.4, 0.5) is 4.79 Å². The molecule has 58 heavy (non-hydrogen) atoms. The van der Waals surface area contributed by atoms with Gasteiger partial charge in [-0.05, 0) is 71.1 Å². The van der Waals surface area contributed by atoms with Gasteiger partial charge in [0.1, 0.15) is 23.7 Å². The van der Waals surface area contributed by atoms with E-state index in [1.807, 2.05) is 113 Å². The van der Waals surface area contributed by atoms with Crippen molar-refractivity contribution in [3.05, 3.63) is 95.6 Å². The van der Waals surface area contributed by atoms with E-state index in [1.165, 1.54) is 4.90 Å². The van der Waals surface area contributed by atoms with Gasteiger partial charge in [0.05, 0.1) is 38.3 Å². The Morgan fingerprint density at radius 3 is 1.76 bits per heavy atom. The highest BCUT2D eigenvalue weighted by Crippen LogP contribution is 2.57. The Labute approximate surface area is 346 Å². The molecular weight excluding hydrogens is 769 g/mol. The Hall–Kier alpha value is -3.86. The number of amides is 3. The Morgan fingerprint density at radius 1 is 0.845 bits per heavy atom. The van der Waals surface area contributed by atoms with E-state index in [0.29, 0.717) is 34.5 Å². The van der Waals surface area contributed by atoms with Crippen molar-refractivity contribution in [2.45, 2.75) is 120 Å². The monoisotopic (exact) mass is 832 g/mol. The summed E-state index contributed by atoms with van der Waals surface area (Å²) in [6.45, 7) is 22.2. The molecule has 3 N–H and O–H groups in total. The molecule has 0 bridgehead atoms. The van der Waals surface area contributed by atoms with E-state index in [1.54, 1.807) is 21.1 Å². The maximum atomic E-state index is 14.1. The average molecular weight is 833 g/mol. The summed E-state index contributed by atoms with van der Waals surface area (Å²) in [4.78, 5) is 42.9. The number of hydrogen-bond donors (Lipinski definition) is 3. The number of aliphatic hydroxyl groups excluding tert-OH is 1. The molecule has 5 rings (SSSR count). The number of nitrogens with one attached hydrogen (secondary N) is 1. The minimum atomic E-state index is -3.11. The van der Waals surface area contributed by atoms with Gasteiger partial charge in [-0.3, -0.25) is 19.8 Å². The highest BCUT2D eigenvalue weighted by Gasteiger charge is 2.71. The number of methoxy groups -OCH3 is 2. The predicted octanol–water partition coefficient (Wildman–Crippen LogP) is 7.44. The number of urea groups is 1. The highest BCUT2D eigenvalue weighted by molar-refractivity contribution is 6.83. The standard InChI is InChI=1S/C45H64N2O9Si2/c1-40(2,3)57(10,11)44(52)27-43(29-48,47-28-42(7,38(50)46-39(47)51)30-55-58(12,13)41(4,5)6)56-37(44)36(49)45(31-17-15-14-16-18-31,32-19-23-34(53-8)24-20-32)33-21-25-35(54-9)26-22-33/h14-26,29,36-37,49,52H,27-28,30H2,1-13H3,(H,46,50,51)/t36?,37-,42?,43+,44-/m1/s1. The summed E-state index contributed by atoms with van der Waals surface area (Å²) in [5.41, 5.74) is -2.75. The highest BCUT2D eigenvalue weighted by atomic mass is 28.4. The molecule has 0 radical (unpaired) electrons. The first-order chi connectivity index (χ1) is 26.8. The lowest BCUT2D eigenvalue weighted by molar-refractivity contribution is -0.178. The van der Waals surface area contributed by atoms with Gasteiger partial charge in [0.25, 0.3) is 0 Å². The van der Waals surface area contributed by atoms with Crippen LogP contribution in [0.1, 0.15) is 71.6 Å². The number of aliphatic hydroxyl groups is 2. The number of benzene rings is 3. The first-order valence-corrected chi connectivity index (χ1v) is 25.9. The molecule has 2 aliphatic rings. The van der Waals surface area contributed by atoms with Gasteiger partial charge in [-0.1, -0.05) is 109 Å². The van der Waals surface area contributed by atoms with E-state index in [0.717, 1.165) is 0 Å². The molecule has 5 atom stereocenters. The molecule has 2 heterocycles. The van der Waals surface area contributed by atoms with E-state index in [-0.39, 0.29) is 24.6 Å². The van der Waals surface area contributed by atoms with Gasteiger partial charge in [0.2, 0.25) is 11.6 Å². The van der Waals surface area contributed by atoms with Crippen LogP contribution < -0.4 is 14.8 Å². The topological polar surface area (TPSA) is 144 Å². The smallest absolute Gasteiger partial charge is 0.326 e. The molecule has 316 valence electrons. The van der Waals surface area contributed by atoms with Crippen molar-refractivity contribution >= 4 is 34.6 Å². The molecule has 3 aromatic rings. The lowest BCUT2D eigenvalue weighted by atomic mass is 9.64. The molecular formula is C45H64N2O9Si2. The zero-order chi connectivity index (χ0) is 43.3. The van der Waals surface area contributed by atoms with Crippen LogP contribution in [0.2, 0.25) is 36.3 Å². The summed E-state index contributed by atoms with van der Waals surface area (Å²) in [6, 6.07) is 23.5. The fourth-order valence-corrected chi connectivity index (χ4v) is 12.2. The number of nitrogens with zero attached hydrogens (tertiary/aromatic N) is 1. The second-order valence-corrected chi connectivity index (χ2v) is 29.9. The Kier molecular flexibility index (Phi) is 12.2. The van der Waals surface area contributed by atoms with Crippen molar-refractivity contribution < 1.29 is 43.2 Å². The van der Waals surface area contributed by atoms with Crippen LogP contribution in [0.5, 0.6) is 11.5 Å². The van der Waals surface area contributed by atoms with Crippen molar-refractivity contribution in [3.8, 4) is 11.5 Å². The fraction of sp³-hybridized carbons (Fsp3) is 0.533.